The monoisotopic (exact) mass is 385 g/mol. The lowest BCUT2D eigenvalue weighted by Crippen LogP contribution is -2.32. The largest absolute Gasteiger partial charge is 0.380 e. The van der Waals surface area contributed by atoms with Crippen LogP contribution >= 0.6 is 11.3 Å². The molecule has 0 spiro atoms. The summed E-state index contributed by atoms with van der Waals surface area (Å²) in [6.07, 6.45) is 4.70. The smallest absolute Gasteiger partial charge is 0.181 e. The van der Waals surface area contributed by atoms with Crippen molar-refractivity contribution < 1.29 is 14.3 Å². The average molecular weight is 385 g/mol. The Kier molecular flexibility index (Phi) is 7.78. The number of aromatic nitrogens is 1. The van der Waals surface area contributed by atoms with E-state index in [1.54, 1.807) is 31.6 Å². The number of carbonyl (C=O) groups is 2. The van der Waals surface area contributed by atoms with Crippen LogP contribution < -0.4 is 0 Å². The van der Waals surface area contributed by atoms with Gasteiger partial charge in [-0.15, -0.1) is 11.3 Å². The summed E-state index contributed by atoms with van der Waals surface area (Å²) in [5.41, 5.74) is 0.316. The summed E-state index contributed by atoms with van der Waals surface area (Å²) in [5, 5.41) is 18.3. The molecule has 0 saturated heterocycles. The molecule has 1 aromatic rings. The number of ketones is 2. The maximum atomic E-state index is 12.7. The van der Waals surface area contributed by atoms with Crippen molar-refractivity contribution in [1.82, 2.24) is 4.98 Å². The van der Waals surface area contributed by atoms with Crippen molar-refractivity contribution >= 4 is 29.0 Å². The lowest BCUT2D eigenvalue weighted by molar-refractivity contribution is -0.126. The van der Waals surface area contributed by atoms with Crippen molar-refractivity contribution in [2.45, 2.75) is 34.6 Å². The highest BCUT2D eigenvalue weighted by Gasteiger charge is 2.31. The van der Waals surface area contributed by atoms with Gasteiger partial charge in [0.05, 0.1) is 35.3 Å². The molecule has 27 heavy (non-hydrogen) atoms. The molecule has 0 aliphatic rings. The van der Waals surface area contributed by atoms with Crippen LogP contribution in [0.15, 0.2) is 28.9 Å². The number of nitriles is 2. The van der Waals surface area contributed by atoms with Crippen molar-refractivity contribution in [3.05, 3.63) is 33.8 Å². The van der Waals surface area contributed by atoms with Crippen molar-refractivity contribution in [2.75, 3.05) is 13.2 Å². The summed E-state index contributed by atoms with van der Waals surface area (Å²) in [7, 11) is 0. The Labute approximate surface area is 163 Å². The van der Waals surface area contributed by atoms with Crippen LogP contribution in [0, 0.1) is 33.5 Å². The van der Waals surface area contributed by atoms with Crippen LogP contribution in [0.1, 0.15) is 39.5 Å². The molecular formula is C20H23N3O3S. The van der Waals surface area contributed by atoms with Crippen LogP contribution in [0.25, 0.3) is 6.08 Å². The summed E-state index contributed by atoms with van der Waals surface area (Å²) >= 11 is 1.34. The molecule has 1 aromatic heterocycles. The predicted octanol–water partition coefficient (Wildman–Crippen LogP) is 3.73. The molecule has 0 aromatic carbocycles. The van der Waals surface area contributed by atoms with Crippen LogP contribution in [0.2, 0.25) is 0 Å². The van der Waals surface area contributed by atoms with Gasteiger partial charge >= 0.3 is 0 Å². The number of allylic oxidation sites excluding steroid dienone is 2. The Hall–Kier alpha value is -2.61. The number of hydrogen-bond acceptors (Lipinski definition) is 7. The van der Waals surface area contributed by atoms with E-state index in [9.17, 15) is 14.9 Å². The van der Waals surface area contributed by atoms with Crippen LogP contribution in [0.4, 0.5) is 0 Å². The molecule has 7 heteroatoms. The van der Waals surface area contributed by atoms with Gasteiger partial charge in [-0.25, -0.2) is 0 Å². The van der Waals surface area contributed by atoms with E-state index in [4.69, 9.17) is 10.00 Å². The van der Waals surface area contributed by atoms with E-state index >= 15 is 0 Å². The zero-order valence-corrected chi connectivity index (χ0v) is 17.0. The first-order chi connectivity index (χ1) is 12.5. The van der Waals surface area contributed by atoms with Crippen molar-refractivity contribution in [2.24, 2.45) is 10.8 Å². The Bertz CT molecular complexity index is 835. The minimum absolute atomic E-state index is 0.0513. The average Bonchev–Trinajstić information content (AvgIpc) is 3.09. The first kappa shape index (κ1) is 22.4. The zero-order valence-electron chi connectivity index (χ0n) is 16.2. The highest BCUT2D eigenvalue weighted by atomic mass is 32.1. The predicted molar refractivity (Wildman–Crippen MR) is 103 cm³/mol. The number of hydrogen-bond donors (Lipinski definition) is 0. The van der Waals surface area contributed by atoms with Gasteiger partial charge in [0.15, 0.2) is 11.6 Å². The standard InChI is InChI=1S/C20H23N3O3S/c1-14(24)16(9-22)7-19(2,3)11-26-12-20(4,5)18(25)15(8-21)6-17-10-23-13-27-17/h6-7,10,13H,11-12H2,1-5H3/b15-6+,16-7+. The van der Waals surface area contributed by atoms with E-state index in [1.807, 2.05) is 26.0 Å². The van der Waals surface area contributed by atoms with Gasteiger partial charge in [0.25, 0.3) is 0 Å². The summed E-state index contributed by atoms with van der Waals surface area (Å²) in [6.45, 7) is 8.78. The third kappa shape index (κ3) is 6.90. The molecule has 0 fully saturated rings. The highest BCUT2D eigenvalue weighted by Crippen LogP contribution is 2.26. The van der Waals surface area contributed by atoms with Gasteiger partial charge in [-0.2, -0.15) is 10.5 Å². The Morgan fingerprint density at radius 2 is 1.81 bits per heavy atom. The number of rotatable bonds is 9. The van der Waals surface area contributed by atoms with Crippen LogP contribution in [-0.4, -0.2) is 29.8 Å². The molecule has 1 rings (SSSR count). The van der Waals surface area contributed by atoms with Gasteiger partial charge in [0.1, 0.15) is 12.1 Å². The Morgan fingerprint density at radius 1 is 1.19 bits per heavy atom. The molecule has 0 unspecified atom stereocenters. The van der Waals surface area contributed by atoms with Crippen molar-refractivity contribution in [3.8, 4) is 12.1 Å². The van der Waals surface area contributed by atoms with E-state index < -0.39 is 10.8 Å². The molecule has 1 heterocycles. The molecule has 0 atom stereocenters. The fourth-order valence-corrected chi connectivity index (χ4v) is 2.78. The quantitative estimate of drug-likeness (QED) is 0.474. The van der Waals surface area contributed by atoms with E-state index in [-0.39, 0.29) is 35.9 Å². The lowest BCUT2D eigenvalue weighted by Gasteiger charge is -2.26. The van der Waals surface area contributed by atoms with E-state index in [0.29, 0.717) is 0 Å². The third-order valence-corrected chi connectivity index (χ3v) is 4.41. The third-order valence-electron chi connectivity index (χ3n) is 3.69. The first-order valence-electron chi connectivity index (χ1n) is 8.29. The number of Topliss-reactive ketones (excluding diaryl/α,β-unsaturated/α-hetero) is 2. The van der Waals surface area contributed by atoms with Crippen molar-refractivity contribution in [3.63, 3.8) is 0 Å². The minimum atomic E-state index is -0.898. The van der Waals surface area contributed by atoms with Gasteiger partial charge < -0.3 is 4.74 Å². The first-order valence-corrected chi connectivity index (χ1v) is 9.17. The van der Waals surface area contributed by atoms with Gasteiger partial charge in [-0.1, -0.05) is 33.8 Å². The van der Waals surface area contributed by atoms with Crippen LogP contribution in [-0.2, 0) is 14.3 Å². The fourth-order valence-electron chi connectivity index (χ4n) is 2.23. The van der Waals surface area contributed by atoms with Gasteiger partial charge in [0, 0.05) is 16.5 Å². The number of carbonyl (C=O) groups excluding carboxylic acids is 2. The summed E-state index contributed by atoms with van der Waals surface area (Å²) < 4.78 is 5.71. The van der Waals surface area contributed by atoms with E-state index in [0.717, 1.165) is 4.88 Å². The maximum Gasteiger partial charge on any atom is 0.181 e. The molecule has 0 amide bonds. The summed E-state index contributed by atoms with van der Waals surface area (Å²) in [6, 6.07) is 3.83. The normalized spacial score (nSPS) is 13.0. The molecule has 0 N–H and O–H groups in total. The fraction of sp³-hybridized carbons (Fsp3) is 0.450. The second-order valence-electron chi connectivity index (χ2n) is 7.49. The lowest BCUT2D eigenvalue weighted by atomic mass is 9.84. The van der Waals surface area contributed by atoms with Gasteiger partial charge in [-0.3, -0.25) is 14.6 Å². The maximum absolute atomic E-state index is 12.7. The molecule has 142 valence electrons. The van der Waals surface area contributed by atoms with Crippen molar-refractivity contribution in [1.29, 1.82) is 10.5 Å². The molecule has 0 bridgehead atoms. The Morgan fingerprint density at radius 3 is 2.30 bits per heavy atom. The van der Waals surface area contributed by atoms with Crippen LogP contribution in [0.5, 0.6) is 0 Å². The molecular weight excluding hydrogens is 362 g/mol. The molecule has 0 aliphatic heterocycles. The summed E-state index contributed by atoms with van der Waals surface area (Å²) in [4.78, 5) is 28.8. The summed E-state index contributed by atoms with van der Waals surface area (Å²) in [5.74, 6) is -0.610. The second kappa shape index (κ2) is 9.36. The molecule has 0 aliphatic carbocycles. The second-order valence-corrected chi connectivity index (χ2v) is 8.41. The van der Waals surface area contributed by atoms with Gasteiger partial charge in [0.2, 0.25) is 0 Å². The number of ether oxygens (including phenoxy) is 1. The Balaban J connectivity index is 2.80. The number of nitrogens with zero attached hydrogens (tertiary/aromatic N) is 3. The number of thiazole rings is 1. The van der Waals surface area contributed by atoms with Gasteiger partial charge in [-0.05, 0) is 13.0 Å². The van der Waals surface area contributed by atoms with E-state index in [2.05, 4.69) is 4.98 Å². The molecule has 0 radical (unpaired) electrons. The highest BCUT2D eigenvalue weighted by molar-refractivity contribution is 7.10. The SMILES string of the molecule is CC(=O)/C(C#N)=C/C(C)(C)COCC(C)(C)C(=O)/C(C#N)=C/c1cncs1. The van der Waals surface area contributed by atoms with Crippen LogP contribution in [0.3, 0.4) is 0 Å². The molecule has 6 nitrogen and oxygen atoms in total. The topological polar surface area (TPSA) is 104 Å². The minimum Gasteiger partial charge on any atom is -0.380 e. The molecule has 0 saturated carbocycles. The zero-order chi connectivity index (χ0) is 20.7. The van der Waals surface area contributed by atoms with E-state index in [1.165, 1.54) is 24.3 Å².